The van der Waals surface area contributed by atoms with Gasteiger partial charge in [0.05, 0.1) is 30.7 Å². The summed E-state index contributed by atoms with van der Waals surface area (Å²) in [6, 6.07) is 4.99. The average Bonchev–Trinajstić information content (AvgIpc) is 2.99. The van der Waals surface area contributed by atoms with Crippen LogP contribution in [-0.2, 0) is 22.5 Å². The molecule has 154 valence electrons. The van der Waals surface area contributed by atoms with E-state index in [2.05, 4.69) is 4.98 Å². The number of ether oxygens (including phenoxy) is 1. The number of aryl methyl sites for hydroxylation is 1. The number of carbonyl (C=O) groups is 2. The SMILES string of the molecule is CN(CC(=O)N1CCOCC1)C(=O)c1ccc2c(=O)n3c(nc2c1)CCCCC3. The molecular formula is C21H26N4O4. The van der Waals surface area contributed by atoms with Gasteiger partial charge in [-0.2, -0.15) is 0 Å². The molecule has 2 aliphatic heterocycles. The average molecular weight is 398 g/mol. The van der Waals surface area contributed by atoms with Gasteiger partial charge in [0.1, 0.15) is 5.82 Å². The Balaban J connectivity index is 1.56. The minimum atomic E-state index is -0.259. The van der Waals surface area contributed by atoms with E-state index in [4.69, 9.17) is 4.74 Å². The minimum absolute atomic E-state index is 0.0111. The molecule has 1 aromatic carbocycles. The monoisotopic (exact) mass is 398 g/mol. The van der Waals surface area contributed by atoms with Gasteiger partial charge in [0, 0.05) is 38.7 Å². The van der Waals surface area contributed by atoms with E-state index in [9.17, 15) is 14.4 Å². The predicted octanol–water partition coefficient (Wildman–Crippen LogP) is 1.05. The van der Waals surface area contributed by atoms with Crippen molar-refractivity contribution in [1.29, 1.82) is 0 Å². The van der Waals surface area contributed by atoms with Crippen LogP contribution in [0.3, 0.4) is 0 Å². The summed E-state index contributed by atoms with van der Waals surface area (Å²) in [5, 5.41) is 0.527. The largest absolute Gasteiger partial charge is 0.378 e. The first-order valence-corrected chi connectivity index (χ1v) is 10.2. The highest BCUT2D eigenvalue weighted by Gasteiger charge is 2.22. The zero-order chi connectivity index (χ0) is 20.4. The lowest BCUT2D eigenvalue weighted by Gasteiger charge is -2.28. The lowest BCUT2D eigenvalue weighted by molar-refractivity contribution is -0.135. The van der Waals surface area contributed by atoms with Crippen molar-refractivity contribution in [1.82, 2.24) is 19.4 Å². The molecule has 2 amide bonds. The summed E-state index contributed by atoms with van der Waals surface area (Å²) < 4.78 is 7.03. The van der Waals surface area contributed by atoms with Gasteiger partial charge in [0.2, 0.25) is 5.91 Å². The number of hydrogen-bond acceptors (Lipinski definition) is 5. The van der Waals surface area contributed by atoms with E-state index in [-0.39, 0.29) is 23.9 Å². The topological polar surface area (TPSA) is 84.7 Å². The van der Waals surface area contributed by atoms with E-state index in [1.54, 1.807) is 34.7 Å². The molecule has 2 aliphatic rings. The summed E-state index contributed by atoms with van der Waals surface area (Å²) >= 11 is 0. The second-order valence-corrected chi connectivity index (χ2v) is 7.68. The molecule has 0 bridgehead atoms. The van der Waals surface area contributed by atoms with Gasteiger partial charge < -0.3 is 14.5 Å². The number of amides is 2. The van der Waals surface area contributed by atoms with Crippen LogP contribution >= 0.6 is 0 Å². The Bertz CT molecular complexity index is 994. The smallest absolute Gasteiger partial charge is 0.261 e. The van der Waals surface area contributed by atoms with Crippen molar-refractivity contribution in [2.45, 2.75) is 32.2 Å². The van der Waals surface area contributed by atoms with Gasteiger partial charge in [0.15, 0.2) is 0 Å². The summed E-state index contributed by atoms with van der Waals surface area (Å²) in [7, 11) is 1.62. The van der Waals surface area contributed by atoms with E-state index in [0.717, 1.165) is 31.5 Å². The van der Waals surface area contributed by atoms with Crippen LogP contribution in [0.5, 0.6) is 0 Å². The molecule has 3 heterocycles. The molecule has 1 saturated heterocycles. The third-order valence-electron chi connectivity index (χ3n) is 5.65. The molecule has 0 aliphatic carbocycles. The van der Waals surface area contributed by atoms with Crippen molar-refractivity contribution in [2.75, 3.05) is 39.9 Å². The quantitative estimate of drug-likeness (QED) is 0.772. The number of carbonyl (C=O) groups excluding carboxylic acids is 2. The molecule has 0 saturated carbocycles. The Morgan fingerprint density at radius 3 is 2.72 bits per heavy atom. The molecule has 4 rings (SSSR count). The number of morpholine rings is 1. The first-order chi connectivity index (χ1) is 14.0. The van der Waals surface area contributed by atoms with Crippen LogP contribution in [-0.4, -0.2) is 71.1 Å². The van der Waals surface area contributed by atoms with Crippen LogP contribution in [0.4, 0.5) is 0 Å². The van der Waals surface area contributed by atoms with E-state index in [0.29, 0.717) is 49.3 Å². The highest BCUT2D eigenvalue weighted by Crippen LogP contribution is 2.17. The highest BCUT2D eigenvalue weighted by atomic mass is 16.5. The van der Waals surface area contributed by atoms with Gasteiger partial charge >= 0.3 is 0 Å². The van der Waals surface area contributed by atoms with Gasteiger partial charge in [-0.1, -0.05) is 6.42 Å². The molecular weight excluding hydrogens is 372 g/mol. The second kappa shape index (κ2) is 8.32. The fourth-order valence-corrected chi connectivity index (χ4v) is 3.96. The third kappa shape index (κ3) is 4.03. The molecule has 8 nitrogen and oxygen atoms in total. The first-order valence-electron chi connectivity index (χ1n) is 10.2. The van der Waals surface area contributed by atoms with Crippen molar-refractivity contribution in [3.8, 4) is 0 Å². The van der Waals surface area contributed by atoms with Crippen LogP contribution in [0.15, 0.2) is 23.0 Å². The van der Waals surface area contributed by atoms with Crippen molar-refractivity contribution in [2.24, 2.45) is 0 Å². The van der Waals surface area contributed by atoms with Crippen LogP contribution in [0.2, 0.25) is 0 Å². The minimum Gasteiger partial charge on any atom is -0.378 e. The first kappa shape index (κ1) is 19.6. The molecule has 0 spiro atoms. The van der Waals surface area contributed by atoms with Crippen LogP contribution < -0.4 is 5.56 Å². The van der Waals surface area contributed by atoms with Crippen molar-refractivity contribution < 1.29 is 14.3 Å². The van der Waals surface area contributed by atoms with Gasteiger partial charge in [-0.05, 0) is 31.0 Å². The van der Waals surface area contributed by atoms with Gasteiger partial charge in [-0.15, -0.1) is 0 Å². The second-order valence-electron chi connectivity index (χ2n) is 7.68. The summed E-state index contributed by atoms with van der Waals surface area (Å²) in [5.41, 5.74) is 0.934. The zero-order valence-electron chi connectivity index (χ0n) is 16.7. The normalized spacial score (nSPS) is 16.9. The molecule has 0 atom stereocenters. The zero-order valence-corrected chi connectivity index (χ0v) is 16.7. The Hall–Kier alpha value is -2.74. The number of aromatic nitrogens is 2. The van der Waals surface area contributed by atoms with Crippen molar-refractivity contribution in [3.05, 3.63) is 39.9 Å². The van der Waals surface area contributed by atoms with Gasteiger partial charge in [-0.25, -0.2) is 4.98 Å². The Morgan fingerprint density at radius 1 is 1.14 bits per heavy atom. The molecule has 29 heavy (non-hydrogen) atoms. The van der Waals surface area contributed by atoms with Crippen molar-refractivity contribution >= 4 is 22.7 Å². The maximum atomic E-state index is 12.9. The summed E-state index contributed by atoms with van der Waals surface area (Å²) in [6.45, 7) is 2.87. The highest BCUT2D eigenvalue weighted by molar-refractivity contribution is 5.99. The number of rotatable bonds is 3. The number of hydrogen-bond donors (Lipinski definition) is 0. The van der Waals surface area contributed by atoms with Gasteiger partial charge in [-0.3, -0.25) is 19.0 Å². The Labute approximate surface area is 169 Å². The standard InChI is InChI=1S/C21H26N4O4/c1-23(14-19(26)24-9-11-29-12-10-24)20(27)15-6-7-16-17(13-15)22-18-5-3-2-4-8-25(18)21(16)28/h6-7,13H,2-5,8-12,14H2,1H3. The molecule has 1 fully saturated rings. The van der Waals surface area contributed by atoms with Crippen LogP contribution in [0.1, 0.15) is 35.4 Å². The fraction of sp³-hybridized carbons (Fsp3) is 0.524. The lowest BCUT2D eigenvalue weighted by atomic mass is 10.1. The van der Waals surface area contributed by atoms with E-state index < -0.39 is 0 Å². The molecule has 0 unspecified atom stereocenters. The molecule has 2 aromatic rings. The number of benzene rings is 1. The number of nitrogens with zero attached hydrogens (tertiary/aromatic N) is 4. The molecule has 8 heteroatoms. The van der Waals surface area contributed by atoms with Crippen LogP contribution in [0, 0.1) is 0 Å². The van der Waals surface area contributed by atoms with E-state index in [1.165, 1.54) is 4.90 Å². The lowest BCUT2D eigenvalue weighted by Crippen LogP contribution is -2.46. The number of likely N-dealkylation sites (N-methyl/N-ethyl adjacent to an activating group) is 1. The number of fused-ring (bicyclic) bond motifs is 2. The maximum Gasteiger partial charge on any atom is 0.261 e. The maximum absolute atomic E-state index is 12.9. The van der Waals surface area contributed by atoms with Crippen LogP contribution in [0.25, 0.3) is 10.9 Å². The molecule has 1 aromatic heterocycles. The summed E-state index contributed by atoms with van der Waals surface area (Å²) in [6.07, 6.45) is 3.86. The van der Waals surface area contributed by atoms with E-state index in [1.807, 2.05) is 0 Å². The summed E-state index contributed by atoms with van der Waals surface area (Å²) in [4.78, 5) is 45.9. The van der Waals surface area contributed by atoms with E-state index >= 15 is 0 Å². The fourth-order valence-electron chi connectivity index (χ4n) is 3.96. The summed E-state index contributed by atoms with van der Waals surface area (Å²) in [5.74, 6) is 0.442. The molecule has 0 N–H and O–H groups in total. The van der Waals surface area contributed by atoms with Gasteiger partial charge in [0.25, 0.3) is 11.5 Å². The Kier molecular flexibility index (Phi) is 5.62. The predicted molar refractivity (Wildman–Crippen MR) is 108 cm³/mol. The third-order valence-corrected chi connectivity index (χ3v) is 5.65. The van der Waals surface area contributed by atoms with Crippen molar-refractivity contribution in [3.63, 3.8) is 0 Å². The Morgan fingerprint density at radius 2 is 1.93 bits per heavy atom. The molecule has 0 radical (unpaired) electrons.